The maximum Gasteiger partial charge on any atom is 0.534 e. The van der Waals surface area contributed by atoms with E-state index in [-0.39, 0.29) is 5.75 Å². The fourth-order valence-corrected chi connectivity index (χ4v) is 4.80. The fraction of sp³-hybridized carbons (Fsp3) is 0.385. The van der Waals surface area contributed by atoms with Crippen molar-refractivity contribution in [2.45, 2.75) is 31.7 Å². The number of hydrogen-bond donors (Lipinski definition) is 1. The third kappa shape index (κ3) is 2.89. The van der Waals surface area contributed by atoms with Crippen LogP contribution in [0.5, 0.6) is 5.75 Å². The van der Waals surface area contributed by atoms with Crippen LogP contribution in [0.4, 0.5) is 18.9 Å². The molecule has 0 saturated heterocycles. The van der Waals surface area contributed by atoms with Gasteiger partial charge in [0.25, 0.3) is 0 Å². The van der Waals surface area contributed by atoms with Crippen LogP contribution < -0.4 is 9.61 Å². The van der Waals surface area contributed by atoms with E-state index in [1.54, 1.807) is 11.4 Å². The van der Waals surface area contributed by atoms with E-state index in [9.17, 15) is 21.6 Å². The quantitative estimate of drug-likeness (QED) is 0.481. The maximum absolute atomic E-state index is 12.7. The van der Waals surface area contributed by atoms with E-state index in [0.29, 0.717) is 27.9 Å². The standard InChI is InChI=1S/C13H15F3N2O3S2Si/c1-24(2,3)18-7-9-10(17-18)6-11-8(4-5-22-11)12(9)21-23(19,20)13(14,15)16/h4-6,17H,7H2,1-3H3. The van der Waals surface area contributed by atoms with Crippen LogP contribution in [0.3, 0.4) is 0 Å². The molecule has 0 spiro atoms. The minimum atomic E-state index is -5.72. The van der Waals surface area contributed by atoms with E-state index in [1.165, 1.54) is 11.3 Å². The number of halogens is 3. The summed E-state index contributed by atoms with van der Waals surface area (Å²) in [5.74, 6) is -0.241. The average Bonchev–Trinajstić information content (AvgIpc) is 3.01. The lowest BCUT2D eigenvalue weighted by Gasteiger charge is -2.29. The van der Waals surface area contributed by atoms with Crippen LogP contribution in [0, 0.1) is 0 Å². The second-order valence-corrected chi connectivity index (χ2v) is 13.8. The molecule has 0 fully saturated rings. The largest absolute Gasteiger partial charge is 0.534 e. The Hall–Kier alpha value is -1.30. The molecule has 24 heavy (non-hydrogen) atoms. The predicted octanol–water partition coefficient (Wildman–Crippen LogP) is 4.11. The van der Waals surface area contributed by atoms with E-state index < -0.39 is 23.9 Å². The van der Waals surface area contributed by atoms with Crippen LogP contribution in [0.2, 0.25) is 19.6 Å². The molecule has 11 heteroatoms. The molecule has 0 saturated carbocycles. The molecule has 0 unspecified atom stereocenters. The van der Waals surface area contributed by atoms with E-state index >= 15 is 0 Å². The number of thiophene rings is 1. The van der Waals surface area contributed by atoms with Crippen LogP contribution in [0.25, 0.3) is 10.1 Å². The summed E-state index contributed by atoms with van der Waals surface area (Å²) in [6, 6.07) is 3.38. The summed E-state index contributed by atoms with van der Waals surface area (Å²) >= 11 is 1.31. The highest BCUT2D eigenvalue weighted by atomic mass is 32.2. The molecule has 0 aliphatic carbocycles. The SMILES string of the molecule is C[Si](C)(C)N1Cc2c(cc3sccc3c2OS(=O)(=O)C(F)(F)F)N1. The van der Waals surface area contributed by atoms with Crippen molar-refractivity contribution in [3.63, 3.8) is 0 Å². The Bertz CT molecular complexity index is 904. The summed E-state index contributed by atoms with van der Waals surface area (Å²) in [6.45, 7) is 6.50. The van der Waals surface area contributed by atoms with E-state index in [2.05, 4.69) is 29.2 Å². The average molecular weight is 396 g/mol. The second-order valence-electron chi connectivity index (χ2n) is 6.42. The molecule has 2 aromatic rings. The monoisotopic (exact) mass is 396 g/mol. The summed E-state index contributed by atoms with van der Waals surface area (Å²) in [6.07, 6.45) is 0. The zero-order valence-electron chi connectivity index (χ0n) is 13.1. The summed E-state index contributed by atoms with van der Waals surface area (Å²) < 4.78 is 68.3. The molecule has 1 N–H and O–H groups in total. The van der Waals surface area contributed by atoms with Crippen molar-refractivity contribution in [1.82, 2.24) is 4.67 Å². The third-order valence-electron chi connectivity index (χ3n) is 3.67. The van der Waals surface area contributed by atoms with Gasteiger partial charge in [-0.25, -0.2) is 4.67 Å². The second kappa shape index (κ2) is 5.35. The summed E-state index contributed by atoms with van der Waals surface area (Å²) in [4.78, 5) is 0. The fourth-order valence-electron chi connectivity index (χ4n) is 2.38. The molecule has 1 aromatic carbocycles. The van der Waals surface area contributed by atoms with Gasteiger partial charge in [-0.15, -0.1) is 11.3 Å². The van der Waals surface area contributed by atoms with Crippen molar-refractivity contribution in [2.75, 3.05) is 5.43 Å². The Morgan fingerprint density at radius 3 is 2.58 bits per heavy atom. The van der Waals surface area contributed by atoms with Crippen molar-refractivity contribution in [1.29, 1.82) is 0 Å². The lowest BCUT2D eigenvalue weighted by molar-refractivity contribution is -0.0499. The highest BCUT2D eigenvalue weighted by Crippen LogP contribution is 2.44. The van der Waals surface area contributed by atoms with Gasteiger partial charge in [-0.2, -0.15) is 21.6 Å². The normalized spacial score (nSPS) is 16.2. The van der Waals surface area contributed by atoms with Gasteiger partial charge in [0.05, 0.1) is 5.69 Å². The first-order valence-electron chi connectivity index (χ1n) is 6.98. The summed E-state index contributed by atoms with van der Waals surface area (Å²) in [5.41, 5.74) is -1.29. The van der Waals surface area contributed by atoms with E-state index in [1.807, 2.05) is 10.7 Å². The number of hydrazine groups is 1. The molecule has 0 radical (unpaired) electrons. The molecule has 0 atom stereocenters. The Morgan fingerprint density at radius 2 is 2.00 bits per heavy atom. The number of fused-ring (bicyclic) bond motifs is 2. The van der Waals surface area contributed by atoms with Crippen molar-refractivity contribution in [3.05, 3.63) is 23.1 Å². The van der Waals surface area contributed by atoms with Gasteiger partial charge >= 0.3 is 15.6 Å². The van der Waals surface area contributed by atoms with Gasteiger partial charge in [0, 0.05) is 22.2 Å². The van der Waals surface area contributed by atoms with Crippen molar-refractivity contribution >= 4 is 45.5 Å². The molecule has 1 aromatic heterocycles. The summed E-state index contributed by atoms with van der Waals surface area (Å²) in [5, 5.41) is 2.05. The van der Waals surface area contributed by atoms with Crippen LogP contribution in [-0.2, 0) is 16.7 Å². The van der Waals surface area contributed by atoms with Gasteiger partial charge in [-0.05, 0) is 17.5 Å². The van der Waals surface area contributed by atoms with Crippen molar-refractivity contribution in [2.24, 2.45) is 0 Å². The van der Waals surface area contributed by atoms with E-state index in [4.69, 9.17) is 0 Å². The van der Waals surface area contributed by atoms with Gasteiger partial charge in [-0.1, -0.05) is 19.6 Å². The lowest BCUT2D eigenvalue weighted by Crippen LogP contribution is -2.46. The van der Waals surface area contributed by atoms with E-state index in [0.717, 1.165) is 0 Å². The number of rotatable bonds is 3. The minimum absolute atomic E-state index is 0.241. The molecule has 2 heterocycles. The molecular formula is C13H15F3N2O3S2Si. The first kappa shape index (κ1) is 17.5. The lowest BCUT2D eigenvalue weighted by atomic mass is 10.1. The molecule has 1 aliphatic rings. The minimum Gasteiger partial charge on any atom is -0.375 e. The number of anilines is 1. The van der Waals surface area contributed by atoms with Crippen LogP contribution in [-0.4, -0.2) is 26.8 Å². The molecule has 1 aliphatic heterocycles. The summed E-state index contributed by atoms with van der Waals surface area (Å²) in [7, 11) is -7.52. The van der Waals surface area contributed by atoms with Gasteiger partial charge in [-0.3, -0.25) is 0 Å². The topological polar surface area (TPSA) is 58.6 Å². The molecule has 0 bridgehead atoms. The smallest absolute Gasteiger partial charge is 0.375 e. The molecule has 3 rings (SSSR count). The van der Waals surface area contributed by atoms with Gasteiger partial charge in [0.2, 0.25) is 0 Å². The highest BCUT2D eigenvalue weighted by molar-refractivity contribution is 7.88. The number of nitrogens with zero attached hydrogens (tertiary/aromatic N) is 1. The molecule has 5 nitrogen and oxygen atoms in total. The molecule has 132 valence electrons. The first-order chi connectivity index (χ1) is 10.9. The third-order valence-corrected chi connectivity index (χ3v) is 7.38. The van der Waals surface area contributed by atoms with Gasteiger partial charge in [0.1, 0.15) is 8.24 Å². The Labute approximate surface area is 142 Å². The Balaban J connectivity index is 2.14. The zero-order valence-corrected chi connectivity index (χ0v) is 15.7. The number of benzene rings is 1. The number of alkyl halides is 3. The molecular weight excluding hydrogens is 381 g/mol. The van der Waals surface area contributed by atoms with Crippen molar-refractivity contribution in [3.8, 4) is 5.75 Å². The van der Waals surface area contributed by atoms with Crippen molar-refractivity contribution < 1.29 is 25.8 Å². The number of hydrogen-bond acceptors (Lipinski definition) is 6. The zero-order chi connectivity index (χ0) is 17.9. The van der Waals surface area contributed by atoms with Crippen LogP contribution in [0.1, 0.15) is 5.56 Å². The van der Waals surface area contributed by atoms with Gasteiger partial charge < -0.3 is 9.61 Å². The van der Waals surface area contributed by atoms with Crippen LogP contribution in [0.15, 0.2) is 17.5 Å². The molecule has 0 amide bonds. The Morgan fingerprint density at radius 1 is 1.33 bits per heavy atom. The first-order valence-corrected chi connectivity index (χ1v) is 12.7. The highest BCUT2D eigenvalue weighted by Gasteiger charge is 2.49. The number of nitrogens with one attached hydrogen (secondary N) is 1. The predicted molar refractivity (Wildman–Crippen MR) is 89.9 cm³/mol. The Kier molecular flexibility index (Phi) is 3.90. The van der Waals surface area contributed by atoms with Crippen LogP contribution >= 0.6 is 11.3 Å². The van der Waals surface area contributed by atoms with Gasteiger partial charge in [0.15, 0.2) is 5.75 Å². The maximum atomic E-state index is 12.7.